The summed E-state index contributed by atoms with van der Waals surface area (Å²) >= 11 is 0. The van der Waals surface area contributed by atoms with E-state index in [-0.39, 0.29) is 23.5 Å². The number of piperidine rings is 2. The Kier molecular flexibility index (Phi) is 13.1. The zero-order valence-corrected chi connectivity index (χ0v) is 30.1. The van der Waals surface area contributed by atoms with Gasteiger partial charge in [0.05, 0.1) is 11.3 Å². The van der Waals surface area contributed by atoms with Gasteiger partial charge in [-0.2, -0.15) is 0 Å². The smallest absolute Gasteiger partial charge is 0.310 e. The molecule has 2 heterocycles. The molecule has 0 aromatic heterocycles. The molecule has 2 aromatic carbocycles. The summed E-state index contributed by atoms with van der Waals surface area (Å²) in [5.41, 5.74) is 3.68. The van der Waals surface area contributed by atoms with Gasteiger partial charge in [0.15, 0.2) is 0 Å². The van der Waals surface area contributed by atoms with E-state index in [4.69, 9.17) is 4.74 Å². The van der Waals surface area contributed by atoms with Crippen molar-refractivity contribution in [2.45, 2.75) is 108 Å². The molecule has 6 nitrogen and oxygen atoms in total. The Balaban J connectivity index is 0.000000194. The molecule has 272 valence electrons. The second-order valence-electron chi connectivity index (χ2n) is 15.6. The van der Waals surface area contributed by atoms with Gasteiger partial charge in [0.1, 0.15) is 18.2 Å². The predicted octanol–water partition coefficient (Wildman–Crippen LogP) is 8.89. The third-order valence-electron chi connectivity index (χ3n) is 11.7. The molecule has 2 saturated carbocycles. The van der Waals surface area contributed by atoms with E-state index in [1.54, 1.807) is 12.1 Å². The first kappa shape index (κ1) is 37.9. The maximum absolute atomic E-state index is 13.1. The van der Waals surface area contributed by atoms with Gasteiger partial charge in [-0.1, -0.05) is 36.4 Å². The van der Waals surface area contributed by atoms with Gasteiger partial charge in [-0.15, -0.1) is 6.58 Å². The van der Waals surface area contributed by atoms with Crippen molar-refractivity contribution in [3.05, 3.63) is 95.6 Å². The number of ether oxygens (including phenoxy) is 1. The molecule has 4 fully saturated rings. The first-order valence-electron chi connectivity index (χ1n) is 18.6. The number of rotatable bonds is 10. The van der Waals surface area contributed by atoms with Crippen molar-refractivity contribution in [2.75, 3.05) is 32.8 Å². The largest absolute Gasteiger partial charge is 0.481 e. The summed E-state index contributed by atoms with van der Waals surface area (Å²) in [6, 6.07) is 14.7. The Labute approximate surface area is 297 Å². The molecule has 0 bridgehead atoms. The van der Waals surface area contributed by atoms with Crippen molar-refractivity contribution in [1.82, 2.24) is 9.80 Å². The van der Waals surface area contributed by atoms with Crippen molar-refractivity contribution < 1.29 is 28.2 Å². The molecule has 2 saturated heterocycles. The molecular weight excluding hydrogens is 634 g/mol. The van der Waals surface area contributed by atoms with Crippen molar-refractivity contribution >= 4 is 11.9 Å². The molecule has 2 aliphatic heterocycles. The minimum atomic E-state index is -0.667. The second kappa shape index (κ2) is 17.2. The number of aliphatic carboxylic acids is 1. The molecule has 2 aromatic rings. The fraction of sp³-hybridized carbons (Fsp3) is 0.571. The number of carboxylic acids is 1. The molecule has 0 amide bonds. The molecule has 2 aliphatic carbocycles. The predicted molar refractivity (Wildman–Crippen MR) is 194 cm³/mol. The third kappa shape index (κ3) is 9.91. The molecule has 4 atom stereocenters. The van der Waals surface area contributed by atoms with E-state index in [1.165, 1.54) is 23.3 Å². The van der Waals surface area contributed by atoms with E-state index < -0.39 is 11.4 Å². The highest BCUT2D eigenvalue weighted by atomic mass is 19.1. The van der Waals surface area contributed by atoms with Gasteiger partial charge in [0.25, 0.3) is 0 Å². The summed E-state index contributed by atoms with van der Waals surface area (Å²) in [7, 11) is 0. The van der Waals surface area contributed by atoms with Crippen molar-refractivity contribution in [1.29, 1.82) is 0 Å². The zero-order valence-electron chi connectivity index (χ0n) is 30.1. The van der Waals surface area contributed by atoms with Gasteiger partial charge in [0, 0.05) is 12.1 Å². The van der Waals surface area contributed by atoms with Crippen LogP contribution in [-0.4, -0.2) is 71.7 Å². The molecule has 6 rings (SSSR count). The van der Waals surface area contributed by atoms with Crippen LogP contribution in [0.1, 0.15) is 107 Å². The minimum Gasteiger partial charge on any atom is -0.481 e. The summed E-state index contributed by atoms with van der Waals surface area (Å²) in [5.74, 6) is -0.0380. The zero-order chi connectivity index (χ0) is 35.8. The highest BCUT2D eigenvalue weighted by Crippen LogP contribution is 2.46. The van der Waals surface area contributed by atoms with Gasteiger partial charge in [0.2, 0.25) is 0 Å². The summed E-state index contributed by atoms with van der Waals surface area (Å²) in [6.45, 7) is 15.9. The topological polar surface area (TPSA) is 70.1 Å². The number of benzene rings is 2. The van der Waals surface area contributed by atoms with Crippen molar-refractivity contribution in [3.8, 4) is 0 Å². The number of likely N-dealkylation sites (tertiary alicyclic amines) is 2. The van der Waals surface area contributed by atoms with Crippen LogP contribution in [-0.2, 0) is 14.3 Å². The number of halogens is 2. The average Bonchev–Trinajstić information content (AvgIpc) is 3.77. The highest BCUT2D eigenvalue weighted by Gasteiger charge is 2.47. The van der Waals surface area contributed by atoms with E-state index in [9.17, 15) is 23.5 Å². The normalized spacial score (nSPS) is 26.6. The van der Waals surface area contributed by atoms with Gasteiger partial charge in [-0.05, 0) is 163 Å². The Morgan fingerprint density at radius 1 is 0.760 bits per heavy atom. The molecule has 1 N–H and O–H groups in total. The lowest BCUT2D eigenvalue weighted by Crippen LogP contribution is -2.41. The Bertz CT molecular complexity index is 1460. The van der Waals surface area contributed by atoms with E-state index in [1.807, 2.05) is 38.1 Å². The molecule has 50 heavy (non-hydrogen) atoms. The standard InChI is InChI=1S/2C21H28FNO2/c1-15(2)14-25-21(24)18-5-8-20(13-18)23-11-9-17(10-12-23)16-3-6-19(22)7-4-16;1-15(2)13-21(20(24)25)10-7-19(14-21)23-11-8-17(9-12-23)16-3-5-18(22)6-4-16/h3-4,6-7,17-18,20H,1,5,8-14H2,2H3;3-6,17,19H,1,7-14H2,2H3,(H,24,25)/t18-,20+;19-,21-/m01/s1. The Hall–Kier alpha value is -3.36. The van der Waals surface area contributed by atoms with Crippen LogP contribution in [0.2, 0.25) is 0 Å². The molecule has 0 unspecified atom stereocenters. The fourth-order valence-corrected chi connectivity index (χ4v) is 8.90. The summed E-state index contributed by atoms with van der Waals surface area (Å²) in [6.07, 6.45) is 10.3. The summed E-state index contributed by atoms with van der Waals surface area (Å²) in [5, 5.41) is 9.75. The lowest BCUT2D eigenvalue weighted by atomic mass is 9.80. The molecule has 4 aliphatic rings. The van der Waals surface area contributed by atoms with Crippen LogP contribution in [0.25, 0.3) is 0 Å². The lowest BCUT2D eigenvalue weighted by molar-refractivity contribution is -0.149. The van der Waals surface area contributed by atoms with Crippen LogP contribution in [0.15, 0.2) is 72.8 Å². The van der Waals surface area contributed by atoms with Crippen LogP contribution in [0.4, 0.5) is 8.78 Å². The van der Waals surface area contributed by atoms with Crippen LogP contribution in [0.5, 0.6) is 0 Å². The monoisotopic (exact) mass is 690 g/mol. The summed E-state index contributed by atoms with van der Waals surface area (Å²) < 4.78 is 31.5. The Morgan fingerprint density at radius 2 is 1.26 bits per heavy atom. The van der Waals surface area contributed by atoms with Crippen LogP contribution >= 0.6 is 0 Å². The van der Waals surface area contributed by atoms with E-state index in [0.29, 0.717) is 36.9 Å². The Morgan fingerprint density at radius 3 is 1.72 bits per heavy atom. The van der Waals surface area contributed by atoms with Gasteiger partial charge in [-0.3, -0.25) is 9.59 Å². The van der Waals surface area contributed by atoms with Gasteiger partial charge >= 0.3 is 11.9 Å². The van der Waals surface area contributed by atoms with Crippen molar-refractivity contribution in [3.63, 3.8) is 0 Å². The fourth-order valence-electron chi connectivity index (χ4n) is 8.90. The molecule has 0 spiro atoms. The van der Waals surface area contributed by atoms with Gasteiger partial charge < -0.3 is 19.6 Å². The number of hydrogen-bond donors (Lipinski definition) is 1. The number of carbonyl (C=O) groups excluding carboxylic acids is 1. The van der Waals surface area contributed by atoms with Gasteiger partial charge in [-0.25, -0.2) is 8.78 Å². The number of nitrogens with zero attached hydrogens (tertiary/aromatic N) is 2. The quantitative estimate of drug-likeness (QED) is 0.198. The van der Waals surface area contributed by atoms with Crippen LogP contribution in [0.3, 0.4) is 0 Å². The minimum absolute atomic E-state index is 0.0409. The van der Waals surface area contributed by atoms with Crippen LogP contribution < -0.4 is 0 Å². The molecule has 0 radical (unpaired) electrons. The maximum atomic E-state index is 13.1. The van der Waals surface area contributed by atoms with E-state index >= 15 is 0 Å². The van der Waals surface area contributed by atoms with Crippen LogP contribution in [0, 0.1) is 23.0 Å². The number of hydrogen-bond acceptors (Lipinski definition) is 5. The average molecular weight is 691 g/mol. The van der Waals surface area contributed by atoms with E-state index in [2.05, 4.69) is 23.0 Å². The van der Waals surface area contributed by atoms with Crippen molar-refractivity contribution in [2.24, 2.45) is 11.3 Å². The number of carbonyl (C=O) groups is 2. The molecule has 8 heteroatoms. The first-order chi connectivity index (χ1) is 23.9. The lowest BCUT2D eigenvalue weighted by Gasteiger charge is -2.37. The maximum Gasteiger partial charge on any atom is 0.310 e. The molecular formula is C42H56F2N2O4. The summed E-state index contributed by atoms with van der Waals surface area (Å²) in [4.78, 5) is 29.0. The number of carboxylic acid groups (broad SMARTS) is 1. The van der Waals surface area contributed by atoms with E-state index in [0.717, 1.165) is 102 Å². The highest BCUT2D eigenvalue weighted by molar-refractivity contribution is 5.75. The first-order valence-corrected chi connectivity index (χ1v) is 18.6. The third-order valence-corrected chi connectivity index (χ3v) is 11.7. The number of allylic oxidation sites excluding steroid dienone is 1. The number of esters is 1. The second-order valence-corrected chi connectivity index (χ2v) is 15.6. The SMILES string of the molecule is C=C(C)COC(=O)[C@H]1CC[C@@H](N2CCC(c3ccc(F)cc3)CC2)C1.C=C(C)C[C@]1(C(=O)O)CC[C@@H](N2CCC(c3ccc(F)cc3)CC2)C1.